The van der Waals surface area contributed by atoms with Crippen molar-refractivity contribution in [1.82, 2.24) is 9.55 Å². The van der Waals surface area contributed by atoms with E-state index in [0.29, 0.717) is 5.56 Å². The Bertz CT molecular complexity index is 1030. The molecule has 0 saturated carbocycles. The number of halogens is 1. The van der Waals surface area contributed by atoms with E-state index in [-0.39, 0.29) is 4.43 Å². The number of hydrogen-bond donors (Lipinski definition) is 1. The molecule has 10 nitrogen and oxygen atoms in total. The van der Waals surface area contributed by atoms with Gasteiger partial charge in [0.1, 0.15) is 12.3 Å². The molecule has 0 bridgehead atoms. The predicted molar refractivity (Wildman–Crippen MR) is 107 cm³/mol. The van der Waals surface area contributed by atoms with Gasteiger partial charge in [-0.05, 0) is 17.7 Å². The molecule has 1 aromatic carbocycles. The zero-order chi connectivity index (χ0) is 20.3. The number of esters is 1. The van der Waals surface area contributed by atoms with Gasteiger partial charge in [-0.1, -0.05) is 52.8 Å². The zero-order valence-electron chi connectivity index (χ0n) is 14.7. The third-order valence-electron chi connectivity index (χ3n) is 4.47. The van der Waals surface area contributed by atoms with Crippen LogP contribution >= 0.6 is 22.6 Å². The molecule has 28 heavy (non-hydrogen) atoms. The van der Waals surface area contributed by atoms with Crippen molar-refractivity contribution in [3.63, 3.8) is 0 Å². The number of nitrogens with zero attached hydrogens (tertiary/aromatic N) is 4. The standard InChI is InChI=1S/C17H16IN5O5/c1-10-13(27-15(25)11-5-3-2-4-6-11)17(9-18,21-22-19)28-14(10)23-8-7-12(24)20-16(23)26/h2-8,10,13-14H,9H2,1H3,(H,20,24,26)/t10-,13-,14+,17+/m0/s1. The van der Waals surface area contributed by atoms with Crippen molar-refractivity contribution in [1.29, 1.82) is 0 Å². The molecule has 1 N–H and O–H groups in total. The highest BCUT2D eigenvalue weighted by molar-refractivity contribution is 14.1. The summed E-state index contributed by atoms with van der Waals surface area (Å²) in [6.07, 6.45) is -0.562. The van der Waals surface area contributed by atoms with Gasteiger partial charge >= 0.3 is 11.7 Å². The average Bonchev–Trinajstić information content (AvgIpc) is 2.95. The molecule has 1 aromatic heterocycles. The fourth-order valence-corrected chi connectivity index (χ4v) is 3.90. The quantitative estimate of drug-likeness (QED) is 0.169. The normalized spacial score (nSPS) is 26.4. The topological polar surface area (TPSA) is 139 Å². The van der Waals surface area contributed by atoms with Crippen molar-refractivity contribution in [2.75, 3.05) is 4.43 Å². The summed E-state index contributed by atoms with van der Waals surface area (Å²) in [5.74, 6) is -1.14. The smallest absolute Gasteiger partial charge is 0.338 e. The van der Waals surface area contributed by atoms with Gasteiger partial charge in [-0.25, -0.2) is 9.59 Å². The second kappa shape index (κ2) is 8.17. The number of carbonyl (C=O) groups excluding carboxylic acids is 1. The third-order valence-corrected chi connectivity index (χ3v) is 5.56. The number of ether oxygens (including phenoxy) is 2. The first-order chi connectivity index (χ1) is 13.4. The lowest BCUT2D eigenvalue weighted by Crippen LogP contribution is -2.43. The fourth-order valence-electron chi connectivity index (χ4n) is 3.13. The first-order valence-electron chi connectivity index (χ1n) is 8.29. The van der Waals surface area contributed by atoms with E-state index in [0.717, 1.165) is 0 Å². The number of hydrogen-bond acceptors (Lipinski definition) is 6. The van der Waals surface area contributed by atoms with E-state index in [1.807, 2.05) is 22.6 Å². The van der Waals surface area contributed by atoms with Crippen molar-refractivity contribution in [3.05, 3.63) is 79.4 Å². The Morgan fingerprint density at radius 2 is 2.11 bits per heavy atom. The number of aromatic nitrogens is 2. The van der Waals surface area contributed by atoms with E-state index in [1.54, 1.807) is 37.3 Å². The molecule has 0 radical (unpaired) electrons. The molecular weight excluding hydrogens is 481 g/mol. The van der Waals surface area contributed by atoms with E-state index in [4.69, 9.17) is 15.0 Å². The van der Waals surface area contributed by atoms with E-state index in [9.17, 15) is 14.4 Å². The maximum atomic E-state index is 12.6. The minimum absolute atomic E-state index is 0.181. The third kappa shape index (κ3) is 3.68. The second-order valence-electron chi connectivity index (χ2n) is 6.24. The van der Waals surface area contributed by atoms with Crippen LogP contribution in [-0.2, 0) is 9.47 Å². The number of rotatable bonds is 5. The zero-order valence-corrected chi connectivity index (χ0v) is 16.8. The molecule has 0 aliphatic carbocycles. The maximum Gasteiger partial charge on any atom is 0.338 e. The van der Waals surface area contributed by atoms with Gasteiger partial charge in [0, 0.05) is 27.5 Å². The molecule has 1 saturated heterocycles. The van der Waals surface area contributed by atoms with Gasteiger partial charge in [-0.15, -0.1) is 0 Å². The second-order valence-corrected chi connectivity index (χ2v) is 7.01. The van der Waals surface area contributed by atoms with Gasteiger partial charge in [-0.3, -0.25) is 14.3 Å². The van der Waals surface area contributed by atoms with Gasteiger partial charge in [0.15, 0.2) is 5.72 Å². The van der Waals surface area contributed by atoms with Gasteiger partial charge in [0.05, 0.1) is 5.56 Å². The van der Waals surface area contributed by atoms with Crippen LogP contribution in [0.25, 0.3) is 10.4 Å². The van der Waals surface area contributed by atoms with Crippen LogP contribution in [0.3, 0.4) is 0 Å². The fraction of sp³-hybridized carbons (Fsp3) is 0.353. The van der Waals surface area contributed by atoms with Crippen LogP contribution in [0, 0.1) is 5.92 Å². The van der Waals surface area contributed by atoms with Gasteiger partial charge in [-0.2, -0.15) is 0 Å². The summed E-state index contributed by atoms with van der Waals surface area (Å²) in [7, 11) is 0. The highest BCUT2D eigenvalue weighted by Gasteiger charge is 2.56. The summed E-state index contributed by atoms with van der Waals surface area (Å²) in [6, 6.07) is 9.56. The summed E-state index contributed by atoms with van der Waals surface area (Å²) < 4.78 is 13.0. The van der Waals surface area contributed by atoms with E-state index < -0.39 is 41.2 Å². The summed E-state index contributed by atoms with van der Waals surface area (Å²) >= 11 is 1.97. The van der Waals surface area contributed by atoms with Crippen LogP contribution < -0.4 is 11.2 Å². The molecule has 1 fully saturated rings. The molecule has 1 aliphatic rings. The predicted octanol–water partition coefficient (Wildman–Crippen LogP) is 2.37. The Morgan fingerprint density at radius 3 is 2.71 bits per heavy atom. The number of H-pyrrole nitrogens is 1. The van der Waals surface area contributed by atoms with Crippen LogP contribution in [0.5, 0.6) is 0 Å². The number of nitrogens with one attached hydrogen (secondary N) is 1. The first-order valence-corrected chi connectivity index (χ1v) is 9.82. The number of benzene rings is 1. The molecule has 1 aliphatic heterocycles. The molecule has 3 rings (SSSR count). The van der Waals surface area contributed by atoms with Crippen LogP contribution in [0.2, 0.25) is 0 Å². The molecule has 0 spiro atoms. The highest BCUT2D eigenvalue weighted by atomic mass is 127. The number of azide groups is 1. The molecule has 11 heteroatoms. The molecule has 146 valence electrons. The van der Waals surface area contributed by atoms with E-state index in [2.05, 4.69) is 15.0 Å². The van der Waals surface area contributed by atoms with Crippen molar-refractivity contribution in [2.45, 2.75) is 25.0 Å². The SMILES string of the molecule is C[C@@H]1[C@H](n2ccc(=O)[nH]c2=O)O[C@@](CI)(N=[N+]=[N-])[C@H]1OC(=O)c1ccccc1. The summed E-state index contributed by atoms with van der Waals surface area (Å²) in [5.41, 5.74) is 6.65. The lowest BCUT2D eigenvalue weighted by molar-refractivity contribution is -0.0869. The largest absolute Gasteiger partial charge is 0.455 e. The lowest BCUT2D eigenvalue weighted by atomic mass is 9.98. The number of aromatic amines is 1. The maximum absolute atomic E-state index is 12.6. The van der Waals surface area contributed by atoms with Crippen LogP contribution in [0.15, 0.2) is 57.3 Å². The molecule has 0 unspecified atom stereocenters. The summed E-state index contributed by atoms with van der Waals surface area (Å²) in [5, 5.41) is 3.76. The van der Waals surface area contributed by atoms with Crippen LogP contribution in [0.4, 0.5) is 0 Å². The van der Waals surface area contributed by atoms with E-state index in [1.165, 1.54) is 16.8 Å². The molecular formula is C17H16IN5O5. The van der Waals surface area contributed by atoms with Crippen molar-refractivity contribution < 1.29 is 14.3 Å². The summed E-state index contributed by atoms with van der Waals surface area (Å²) in [6.45, 7) is 1.71. The highest BCUT2D eigenvalue weighted by Crippen LogP contribution is 2.44. The van der Waals surface area contributed by atoms with E-state index >= 15 is 0 Å². The molecule has 0 amide bonds. The Hall–Kier alpha value is -2.63. The minimum atomic E-state index is -1.50. The molecule has 2 heterocycles. The Kier molecular flexibility index (Phi) is 5.87. The van der Waals surface area contributed by atoms with Gasteiger partial charge in [0.2, 0.25) is 0 Å². The monoisotopic (exact) mass is 497 g/mol. The Morgan fingerprint density at radius 1 is 1.39 bits per heavy atom. The van der Waals surface area contributed by atoms with Crippen LogP contribution in [0.1, 0.15) is 23.5 Å². The van der Waals surface area contributed by atoms with Gasteiger partial charge in [0.25, 0.3) is 5.56 Å². The van der Waals surface area contributed by atoms with Crippen molar-refractivity contribution >= 4 is 28.6 Å². The van der Waals surface area contributed by atoms with Gasteiger partial charge < -0.3 is 9.47 Å². The number of carbonyl (C=O) groups is 1. The Labute approximate surface area is 172 Å². The summed E-state index contributed by atoms with van der Waals surface area (Å²) in [4.78, 5) is 41.1. The molecule has 4 atom stereocenters. The average molecular weight is 497 g/mol. The molecule has 2 aromatic rings. The minimum Gasteiger partial charge on any atom is -0.455 e. The Balaban J connectivity index is 2.00. The van der Waals surface area contributed by atoms with Crippen LogP contribution in [-0.4, -0.2) is 31.8 Å². The first kappa shape index (κ1) is 20.1. The lowest BCUT2D eigenvalue weighted by Gasteiger charge is -2.28. The number of alkyl halides is 1. The van der Waals surface area contributed by atoms with Crippen molar-refractivity contribution in [2.24, 2.45) is 11.0 Å². The van der Waals surface area contributed by atoms with Crippen molar-refractivity contribution in [3.8, 4) is 0 Å².